The smallest absolute Gasteiger partial charge is 0.310 e. The van der Waals surface area contributed by atoms with Crippen molar-refractivity contribution < 1.29 is 14.3 Å². The number of carbonyl (C=O) groups excluding carboxylic acids is 1. The van der Waals surface area contributed by atoms with Gasteiger partial charge in [0.2, 0.25) is 0 Å². The Morgan fingerprint density at radius 2 is 2.11 bits per heavy atom. The van der Waals surface area contributed by atoms with E-state index in [1.807, 2.05) is 25.1 Å². The van der Waals surface area contributed by atoms with Crippen LogP contribution in [0.25, 0.3) is 0 Å². The Bertz CT molecular complexity index is 639. The molecule has 2 rings (SSSR count). The number of halogens is 1. The Labute approximate surface area is 186 Å². The van der Waals surface area contributed by atoms with E-state index >= 15 is 0 Å². The molecule has 1 N–H and O–H groups in total. The molecule has 0 aromatic heterocycles. The summed E-state index contributed by atoms with van der Waals surface area (Å²) in [6, 6.07) is 8.07. The highest BCUT2D eigenvalue weighted by molar-refractivity contribution is 14.0. The summed E-state index contributed by atoms with van der Waals surface area (Å²) in [5.74, 6) is 1.83. The molecule has 0 bridgehead atoms. The molecule has 0 spiro atoms. The zero-order valence-electron chi connectivity index (χ0n) is 17.4. The van der Waals surface area contributed by atoms with E-state index in [9.17, 15) is 4.79 Å². The van der Waals surface area contributed by atoms with Crippen molar-refractivity contribution >= 4 is 35.9 Å². The number of carbonyl (C=O) groups is 1. The fraction of sp³-hybridized carbons (Fsp3) is 0.619. The second-order valence-electron chi connectivity index (χ2n) is 6.87. The predicted octanol–water partition coefficient (Wildman–Crippen LogP) is 3.66. The van der Waals surface area contributed by atoms with E-state index in [2.05, 4.69) is 30.1 Å². The molecule has 1 aliphatic heterocycles. The molecule has 1 aliphatic rings. The molecule has 6 nitrogen and oxygen atoms in total. The number of benzene rings is 1. The van der Waals surface area contributed by atoms with Crippen molar-refractivity contribution in [2.45, 2.75) is 39.5 Å². The van der Waals surface area contributed by atoms with Crippen molar-refractivity contribution in [2.24, 2.45) is 10.9 Å². The fourth-order valence-corrected chi connectivity index (χ4v) is 3.44. The van der Waals surface area contributed by atoms with Crippen molar-refractivity contribution in [1.82, 2.24) is 10.2 Å². The highest BCUT2D eigenvalue weighted by Crippen LogP contribution is 2.26. The summed E-state index contributed by atoms with van der Waals surface area (Å²) < 4.78 is 10.7. The summed E-state index contributed by atoms with van der Waals surface area (Å²) in [5, 5.41) is 3.37. The molecule has 0 radical (unpaired) electrons. The van der Waals surface area contributed by atoms with Crippen LogP contribution in [0.15, 0.2) is 29.3 Å². The van der Waals surface area contributed by atoms with Gasteiger partial charge in [-0.1, -0.05) is 25.1 Å². The van der Waals surface area contributed by atoms with Gasteiger partial charge in [-0.05, 0) is 38.3 Å². The molecule has 1 heterocycles. The van der Waals surface area contributed by atoms with Gasteiger partial charge in [0.1, 0.15) is 5.75 Å². The second kappa shape index (κ2) is 12.9. The van der Waals surface area contributed by atoms with Crippen molar-refractivity contribution in [3.8, 4) is 5.75 Å². The van der Waals surface area contributed by atoms with E-state index in [-0.39, 0.29) is 41.8 Å². The zero-order valence-corrected chi connectivity index (χ0v) is 19.8. The van der Waals surface area contributed by atoms with Gasteiger partial charge in [-0.3, -0.25) is 9.79 Å². The molecule has 1 aromatic carbocycles. The number of likely N-dealkylation sites (tertiary alicyclic amines) is 1. The third-order valence-electron chi connectivity index (χ3n) is 4.86. The summed E-state index contributed by atoms with van der Waals surface area (Å²) in [6.45, 7) is 9.52. The number of para-hydroxylation sites is 1. The monoisotopic (exact) mass is 503 g/mol. The molecule has 7 heteroatoms. The molecule has 28 heavy (non-hydrogen) atoms. The van der Waals surface area contributed by atoms with Crippen LogP contribution in [0.3, 0.4) is 0 Å². The van der Waals surface area contributed by atoms with Crippen LogP contribution in [0.4, 0.5) is 0 Å². The number of piperidine rings is 1. The number of nitrogens with one attached hydrogen (secondary N) is 1. The van der Waals surface area contributed by atoms with Gasteiger partial charge in [-0.15, -0.1) is 24.0 Å². The minimum absolute atomic E-state index is 0. The van der Waals surface area contributed by atoms with Gasteiger partial charge in [0.05, 0.1) is 19.6 Å². The van der Waals surface area contributed by atoms with Gasteiger partial charge in [0.15, 0.2) is 5.96 Å². The highest BCUT2D eigenvalue weighted by Gasteiger charge is 2.28. The SMILES string of the molecule is CCNC(=NCC(C)c1ccccc1OC)N1CCCC(C(=O)OCC)C1.I. The van der Waals surface area contributed by atoms with E-state index in [1.54, 1.807) is 7.11 Å². The average Bonchev–Trinajstić information content (AvgIpc) is 2.71. The molecule has 2 unspecified atom stereocenters. The summed E-state index contributed by atoms with van der Waals surface area (Å²) in [7, 11) is 1.70. The summed E-state index contributed by atoms with van der Waals surface area (Å²) >= 11 is 0. The third-order valence-corrected chi connectivity index (χ3v) is 4.86. The van der Waals surface area contributed by atoms with Crippen molar-refractivity contribution in [1.29, 1.82) is 0 Å². The minimum atomic E-state index is -0.0968. The molecule has 1 aromatic rings. The molecule has 1 saturated heterocycles. The van der Waals surface area contributed by atoms with E-state index in [0.29, 0.717) is 19.7 Å². The fourth-order valence-electron chi connectivity index (χ4n) is 3.44. The first-order chi connectivity index (χ1) is 13.1. The quantitative estimate of drug-likeness (QED) is 0.267. The molecular formula is C21H34IN3O3. The molecule has 1 fully saturated rings. The topological polar surface area (TPSA) is 63.2 Å². The Morgan fingerprint density at radius 3 is 2.79 bits per heavy atom. The van der Waals surface area contributed by atoms with Crippen LogP contribution in [-0.2, 0) is 9.53 Å². The number of ether oxygens (including phenoxy) is 2. The van der Waals surface area contributed by atoms with Gasteiger partial charge in [0, 0.05) is 32.1 Å². The van der Waals surface area contributed by atoms with Crippen molar-refractivity contribution in [3.05, 3.63) is 29.8 Å². The van der Waals surface area contributed by atoms with Crippen LogP contribution in [0.2, 0.25) is 0 Å². The first kappa shape index (κ1) is 24.5. The molecule has 2 atom stereocenters. The van der Waals surface area contributed by atoms with Gasteiger partial charge >= 0.3 is 5.97 Å². The number of rotatable bonds is 7. The lowest BCUT2D eigenvalue weighted by atomic mass is 9.98. The molecule has 0 saturated carbocycles. The maximum Gasteiger partial charge on any atom is 0.310 e. The number of hydrogen-bond acceptors (Lipinski definition) is 4. The Hall–Kier alpha value is -1.51. The van der Waals surface area contributed by atoms with Crippen LogP contribution in [0, 0.1) is 5.92 Å². The van der Waals surface area contributed by atoms with Gasteiger partial charge in [-0.2, -0.15) is 0 Å². The standard InChI is InChI=1S/C21H33N3O3.HI/c1-5-22-21(24-13-9-10-17(15-24)20(25)27-6-2)23-14-16(3)18-11-7-8-12-19(18)26-4;/h7-8,11-12,16-17H,5-6,9-10,13-15H2,1-4H3,(H,22,23);1H. The van der Waals surface area contributed by atoms with Crippen molar-refractivity contribution in [3.63, 3.8) is 0 Å². The largest absolute Gasteiger partial charge is 0.496 e. The van der Waals surface area contributed by atoms with Crippen LogP contribution < -0.4 is 10.1 Å². The lowest BCUT2D eigenvalue weighted by molar-refractivity contribution is -0.149. The maximum atomic E-state index is 12.1. The molecule has 0 amide bonds. The average molecular weight is 503 g/mol. The Kier molecular flexibility index (Phi) is 11.3. The van der Waals surface area contributed by atoms with Gasteiger partial charge < -0.3 is 19.7 Å². The number of hydrogen-bond donors (Lipinski definition) is 1. The predicted molar refractivity (Wildman–Crippen MR) is 124 cm³/mol. The lowest BCUT2D eigenvalue weighted by Crippen LogP contribution is -2.48. The first-order valence-corrected chi connectivity index (χ1v) is 9.93. The van der Waals surface area contributed by atoms with Crippen LogP contribution in [-0.4, -0.2) is 56.7 Å². The second-order valence-corrected chi connectivity index (χ2v) is 6.87. The highest BCUT2D eigenvalue weighted by atomic mass is 127. The minimum Gasteiger partial charge on any atom is -0.496 e. The number of aliphatic imine (C=N–C) groups is 1. The number of esters is 1. The molecular weight excluding hydrogens is 469 g/mol. The summed E-state index contributed by atoms with van der Waals surface area (Å²) in [5.41, 5.74) is 1.16. The molecule has 158 valence electrons. The van der Waals surface area contributed by atoms with E-state index in [0.717, 1.165) is 43.2 Å². The van der Waals surface area contributed by atoms with E-state index < -0.39 is 0 Å². The Balaban J connectivity index is 0.00000392. The summed E-state index contributed by atoms with van der Waals surface area (Å²) in [6.07, 6.45) is 1.85. The number of methoxy groups -OCH3 is 1. The summed E-state index contributed by atoms with van der Waals surface area (Å²) in [4.78, 5) is 19.2. The third kappa shape index (κ3) is 6.83. The lowest BCUT2D eigenvalue weighted by Gasteiger charge is -2.34. The Morgan fingerprint density at radius 1 is 1.36 bits per heavy atom. The van der Waals surface area contributed by atoms with E-state index in [4.69, 9.17) is 14.5 Å². The van der Waals surface area contributed by atoms with Crippen LogP contribution >= 0.6 is 24.0 Å². The van der Waals surface area contributed by atoms with E-state index in [1.165, 1.54) is 0 Å². The zero-order chi connectivity index (χ0) is 19.6. The number of nitrogens with zero attached hydrogens (tertiary/aromatic N) is 2. The normalized spacial score (nSPS) is 18.1. The van der Waals surface area contributed by atoms with Crippen LogP contribution in [0.5, 0.6) is 5.75 Å². The van der Waals surface area contributed by atoms with Gasteiger partial charge in [0.25, 0.3) is 0 Å². The number of guanidine groups is 1. The first-order valence-electron chi connectivity index (χ1n) is 9.93. The maximum absolute atomic E-state index is 12.1. The molecule has 0 aliphatic carbocycles. The van der Waals surface area contributed by atoms with Crippen LogP contribution in [0.1, 0.15) is 45.1 Å². The van der Waals surface area contributed by atoms with Gasteiger partial charge in [-0.25, -0.2) is 0 Å². The van der Waals surface area contributed by atoms with Crippen molar-refractivity contribution in [2.75, 3.05) is 39.9 Å².